The number of alkyl halides is 3. The van der Waals surface area contributed by atoms with Crippen molar-refractivity contribution in [2.24, 2.45) is 5.73 Å². The van der Waals surface area contributed by atoms with E-state index in [4.69, 9.17) is 15.2 Å². The topological polar surface area (TPSA) is 115 Å². The molecule has 0 aliphatic carbocycles. The minimum atomic E-state index is -4.56. The van der Waals surface area contributed by atoms with Gasteiger partial charge in [-0.15, -0.1) is 0 Å². The molecule has 8 nitrogen and oxygen atoms in total. The van der Waals surface area contributed by atoms with Crippen LogP contribution in [0.5, 0.6) is 0 Å². The quantitative estimate of drug-likeness (QED) is 0.201. The summed E-state index contributed by atoms with van der Waals surface area (Å²) in [6.45, 7) is 0.265. The average molecular weight is 653 g/mol. The van der Waals surface area contributed by atoms with Crippen molar-refractivity contribution in [3.63, 3.8) is 0 Å². The number of rotatable bonds is 12. The Bertz CT molecular complexity index is 1430. The van der Waals surface area contributed by atoms with Crippen LogP contribution in [0.3, 0.4) is 0 Å². The second-order valence-electron chi connectivity index (χ2n) is 11.0. The molecule has 248 valence electrons. The van der Waals surface area contributed by atoms with E-state index < -0.39 is 72.4 Å². The minimum absolute atomic E-state index is 0.179. The van der Waals surface area contributed by atoms with Crippen LogP contribution >= 0.6 is 0 Å². The summed E-state index contributed by atoms with van der Waals surface area (Å²) in [5, 5.41) is 7.85. The van der Waals surface area contributed by atoms with Crippen LogP contribution in [0.4, 0.5) is 36.8 Å². The Hall–Kier alpha value is -4.30. The summed E-state index contributed by atoms with van der Waals surface area (Å²) in [6.07, 6.45) is -6.13. The van der Waals surface area contributed by atoms with E-state index >= 15 is 4.39 Å². The van der Waals surface area contributed by atoms with E-state index in [0.29, 0.717) is 29.8 Å². The van der Waals surface area contributed by atoms with E-state index in [2.05, 4.69) is 10.6 Å². The van der Waals surface area contributed by atoms with Gasteiger partial charge in [0.05, 0.1) is 18.2 Å². The standard InChI is InChI=1S/C32H34F6N4O4/c1-18-27(16-45-31(44)41-17-32(36,37)38)40-15-23(46-18)13-14-24-25(35)3-2-4-26(24)42-29(30(39)43)28(19-5-9-21(33)10-6-19)20-7-11-22(34)12-8-20/h2-12,18,23,27-29,40,42H,13-17H2,1H3,(H2,39,43)(H,41,44)/t18-,23-,27-,29+/m1/s1. The highest BCUT2D eigenvalue weighted by atomic mass is 19.4. The summed E-state index contributed by atoms with van der Waals surface area (Å²) in [4.78, 5) is 24.4. The molecule has 4 atom stereocenters. The molecule has 0 bridgehead atoms. The molecule has 1 heterocycles. The van der Waals surface area contributed by atoms with E-state index in [9.17, 15) is 31.5 Å². The number of hydrogen-bond donors (Lipinski definition) is 4. The molecular weight excluding hydrogens is 618 g/mol. The van der Waals surface area contributed by atoms with Crippen molar-refractivity contribution < 1.29 is 45.4 Å². The van der Waals surface area contributed by atoms with Crippen LogP contribution in [0.25, 0.3) is 0 Å². The van der Waals surface area contributed by atoms with Crippen LogP contribution in [0.2, 0.25) is 0 Å². The third-order valence-electron chi connectivity index (χ3n) is 7.65. The molecule has 46 heavy (non-hydrogen) atoms. The van der Waals surface area contributed by atoms with Gasteiger partial charge < -0.3 is 31.2 Å². The predicted octanol–water partition coefficient (Wildman–Crippen LogP) is 5.17. The van der Waals surface area contributed by atoms with Crippen molar-refractivity contribution in [1.82, 2.24) is 10.6 Å². The second-order valence-corrected chi connectivity index (χ2v) is 11.0. The lowest BCUT2D eigenvalue weighted by molar-refractivity contribution is -0.124. The number of carbonyl (C=O) groups is 2. The Morgan fingerprint density at radius 3 is 2.15 bits per heavy atom. The Balaban J connectivity index is 1.44. The molecule has 0 aromatic heterocycles. The van der Waals surface area contributed by atoms with Gasteiger partial charge in [0.2, 0.25) is 5.91 Å². The largest absolute Gasteiger partial charge is 0.448 e. The van der Waals surface area contributed by atoms with Gasteiger partial charge in [0.1, 0.15) is 36.6 Å². The zero-order valence-corrected chi connectivity index (χ0v) is 24.8. The molecule has 0 spiro atoms. The van der Waals surface area contributed by atoms with E-state index in [-0.39, 0.29) is 18.6 Å². The zero-order chi connectivity index (χ0) is 33.4. The molecule has 3 aromatic rings. The first-order chi connectivity index (χ1) is 21.8. The molecule has 0 unspecified atom stereocenters. The van der Waals surface area contributed by atoms with Gasteiger partial charge in [-0.3, -0.25) is 4.79 Å². The van der Waals surface area contributed by atoms with Crippen LogP contribution in [0.1, 0.15) is 36.0 Å². The molecule has 1 saturated heterocycles. The van der Waals surface area contributed by atoms with Gasteiger partial charge in [0, 0.05) is 23.7 Å². The van der Waals surface area contributed by atoms with E-state index in [1.54, 1.807) is 18.3 Å². The fourth-order valence-corrected chi connectivity index (χ4v) is 5.31. The van der Waals surface area contributed by atoms with Gasteiger partial charge in [0.25, 0.3) is 0 Å². The molecule has 0 saturated carbocycles. The number of benzene rings is 3. The first kappa shape index (κ1) is 34.6. The molecule has 1 aliphatic heterocycles. The minimum Gasteiger partial charge on any atom is -0.448 e. The van der Waals surface area contributed by atoms with E-state index in [1.165, 1.54) is 60.7 Å². The Labute approximate surface area is 261 Å². The van der Waals surface area contributed by atoms with E-state index in [1.807, 2.05) is 0 Å². The van der Waals surface area contributed by atoms with Crippen LogP contribution in [-0.4, -0.2) is 62.2 Å². The number of amides is 2. The van der Waals surface area contributed by atoms with Gasteiger partial charge >= 0.3 is 12.3 Å². The van der Waals surface area contributed by atoms with Crippen molar-refractivity contribution in [1.29, 1.82) is 0 Å². The summed E-state index contributed by atoms with van der Waals surface area (Å²) >= 11 is 0. The monoisotopic (exact) mass is 652 g/mol. The Morgan fingerprint density at radius 1 is 1.00 bits per heavy atom. The Kier molecular flexibility index (Phi) is 11.5. The summed E-state index contributed by atoms with van der Waals surface area (Å²) < 4.78 is 90.5. The lowest BCUT2D eigenvalue weighted by Crippen LogP contribution is -2.54. The number of hydrogen-bond acceptors (Lipinski definition) is 6. The number of halogens is 6. The fraction of sp³-hybridized carbons (Fsp3) is 0.375. The lowest BCUT2D eigenvalue weighted by atomic mass is 9.84. The zero-order valence-electron chi connectivity index (χ0n) is 24.8. The number of alkyl carbamates (subject to hydrolysis) is 1. The number of morpholine rings is 1. The maximum Gasteiger partial charge on any atom is 0.407 e. The van der Waals surface area contributed by atoms with Gasteiger partial charge in [-0.1, -0.05) is 30.3 Å². The van der Waals surface area contributed by atoms with Crippen molar-refractivity contribution in [2.75, 3.05) is 25.0 Å². The molecular formula is C32H34F6N4O4. The van der Waals surface area contributed by atoms with Gasteiger partial charge in [0.15, 0.2) is 0 Å². The van der Waals surface area contributed by atoms with Crippen molar-refractivity contribution >= 4 is 17.7 Å². The summed E-state index contributed by atoms with van der Waals surface area (Å²) in [7, 11) is 0. The predicted molar refractivity (Wildman–Crippen MR) is 158 cm³/mol. The normalized spacial score (nSPS) is 19.0. The lowest BCUT2D eigenvalue weighted by Gasteiger charge is -2.35. The van der Waals surface area contributed by atoms with Gasteiger partial charge in [-0.2, -0.15) is 13.2 Å². The Morgan fingerprint density at radius 2 is 1.61 bits per heavy atom. The second kappa shape index (κ2) is 15.3. The van der Waals surface area contributed by atoms with Crippen LogP contribution in [0, 0.1) is 17.5 Å². The number of carbonyl (C=O) groups excluding carboxylic acids is 2. The van der Waals surface area contributed by atoms with Crippen LogP contribution in [-0.2, 0) is 20.7 Å². The molecule has 5 N–H and O–H groups in total. The molecule has 4 rings (SSSR count). The summed E-state index contributed by atoms with van der Waals surface area (Å²) in [5.74, 6) is -3.08. The molecule has 1 aliphatic rings. The molecule has 1 fully saturated rings. The van der Waals surface area contributed by atoms with Crippen LogP contribution < -0.4 is 21.7 Å². The van der Waals surface area contributed by atoms with Crippen LogP contribution in [0.15, 0.2) is 66.7 Å². The number of nitrogens with one attached hydrogen (secondary N) is 3. The highest BCUT2D eigenvalue weighted by Gasteiger charge is 2.33. The highest BCUT2D eigenvalue weighted by molar-refractivity contribution is 5.85. The number of ether oxygens (including phenoxy) is 2. The summed E-state index contributed by atoms with van der Waals surface area (Å²) in [5.41, 5.74) is 7.45. The highest BCUT2D eigenvalue weighted by Crippen LogP contribution is 2.32. The van der Waals surface area contributed by atoms with Crippen molar-refractivity contribution in [2.45, 2.75) is 56.2 Å². The van der Waals surface area contributed by atoms with E-state index in [0.717, 1.165) is 0 Å². The SMILES string of the molecule is C[C@H]1O[C@H](CCc2c(F)cccc2N[C@H](C(N)=O)C(c2ccc(F)cc2)c2ccc(F)cc2)CN[C@@H]1COC(=O)NCC(F)(F)F. The molecule has 14 heteroatoms. The van der Waals surface area contributed by atoms with Gasteiger partial charge in [-0.25, -0.2) is 18.0 Å². The fourth-order valence-electron chi connectivity index (χ4n) is 5.31. The maximum atomic E-state index is 15.2. The summed E-state index contributed by atoms with van der Waals surface area (Å²) in [6, 6.07) is 13.6. The first-order valence-electron chi connectivity index (χ1n) is 14.5. The number of primary amides is 1. The number of nitrogens with two attached hydrogens (primary N) is 1. The van der Waals surface area contributed by atoms with Gasteiger partial charge in [-0.05, 0) is 67.3 Å². The van der Waals surface area contributed by atoms with Crippen molar-refractivity contribution in [3.05, 3.63) is 101 Å². The smallest absolute Gasteiger partial charge is 0.407 e. The third kappa shape index (κ3) is 9.60. The number of anilines is 1. The first-order valence-corrected chi connectivity index (χ1v) is 14.5. The molecule has 3 aromatic carbocycles. The molecule has 0 radical (unpaired) electrons. The maximum absolute atomic E-state index is 15.2. The van der Waals surface area contributed by atoms with Crippen molar-refractivity contribution in [3.8, 4) is 0 Å². The molecule has 2 amide bonds. The average Bonchev–Trinajstić information content (AvgIpc) is 3.00. The third-order valence-corrected chi connectivity index (χ3v) is 7.65.